The van der Waals surface area contributed by atoms with Crippen molar-refractivity contribution in [1.29, 1.82) is 0 Å². The lowest BCUT2D eigenvalue weighted by atomic mass is 9.95. The zero-order valence-corrected chi connectivity index (χ0v) is 17.5. The Hall–Kier alpha value is -3.20. The summed E-state index contributed by atoms with van der Waals surface area (Å²) in [5, 5.41) is 14.8. The van der Waals surface area contributed by atoms with Crippen molar-refractivity contribution < 1.29 is 23.1 Å². The maximum Gasteiger partial charge on any atom is 0.303 e. The maximum absolute atomic E-state index is 12.7. The van der Waals surface area contributed by atoms with E-state index < -0.39 is 16.0 Å². The molecule has 1 aliphatic heterocycles. The SMILES string of the molecule is Cc1ccccc1C1CC(c2cccc(NS(C)(=O)=O)c2)=NN1C(=O)CCC(=O)O. The summed E-state index contributed by atoms with van der Waals surface area (Å²) < 4.78 is 25.5. The lowest BCUT2D eigenvalue weighted by Crippen LogP contribution is -2.27. The highest BCUT2D eigenvalue weighted by molar-refractivity contribution is 7.92. The van der Waals surface area contributed by atoms with E-state index in [9.17, 15) is 18.0 Å². The highest BCUT2D eigenvalue weighted by Gasteiger charge is 2.33. The number of nitrogens with one attached hydrogen (secondary N) is 1. The summed E-state index contributed by atoms with van der Waals surface area (Å²) in [6.45, 7) is 1.95. The second-order valence-electron chi connectivity index (χ2n) is 7.21. The Balaban J connectivity index is 1.95. The van der Waals surface area contributed by atoms with Crippen LogP contribution in [0.5, 0.6) is 0 Å². The van der Waals surface area contributed by atoms with Gasteiger partial charge in [0.05, 0.1) is 24.4 Å². The van der Waals surface area contributed by atoms with Crippen LogP contribution in [0.2, 0.25) is 0 Å². The van der Waals surface area contributed by atoms with Crippen LogP contribution in [-0.2, 0) is 19.6 Å². The van der Waals surface area contributed by atoms with Crippen LogP contribution in [0.15, 0.2) is 53.6 Å². The topological polar surface area (TPSA) is 116 Å². The van der Waals surface area contributed by atoms with Gasteiger partial charge in [-0.3, -0.25) is 14.3 Å². The maximum atomic E-state index is 12.7. The lowest BCUT2D eigenvalue weighted by Gasteiger charge is -2.23. The number of anilines is 1. The van der Waals surface area contributed by atoms with Crippen molar-refractivity contribution in [3.63, 3.8) is 0 Å². The molecule has 1 atom stereocenters. The number of hydrogen-bond acceptors (Lipinski definition) is 5. The fourth-order valence-corrected chi connectivity index (χ4v) is 3.98. The van der Waals surface area contributed by atoms with Crippen molar-refractivity contribution in [2.45, 2.75) is 32.2 Å². The standard InChI is InChI=1S/C21H23N3O5S/c1-14-6-3-4-9-17(14)19-13-18(22-24(19)20(25)10-11-21(26)27)15-7-5-8-16(12-15)23-30(2,28)29/h3-9,12,19,23H,10-11,13H2,1-2H3,(H,26,27). The first-order chi connectivity index (χ1) is 14.1. The normalized spacial score (nSPS) is 16.3. The molecule has 0 radical (unpaired) electrons. The van der Waals surface area contributed by atoms with Gasteiger partial charge in [0.25, 0.3) is 0 Å². The number of amides is 1. The molecule has 8 nitrogen and oxygen atoms in total. The minimum absolute atomic E-state index is 0.149. The molecule has 2 aromatic rings. The van der Waals surface area contributed by atoms with Crippen LogP contribution < -0.4 is 4.72 Å². The van der Waals surface area contributed by atoms with Gasteiger partial charge in [0, 0.05) is 18.5 Å². The number of hydrazone groups is 1. The van der Waals surface area contributed by atoms with Crippen molar-refractivity contribution in [3.8, 4) is 0 Å². The number of rotatable bonds is 7. The number of aryl methyl sites for hydroxylation is 1. The fourth-order valence-electron chi connectivity index (χ4n) is 3.42. The second kappa shape index (κ2) is 8.66. The number of carbonyl (C=O) groups excluding carboxylic acids is 1. The summed E-state index contributed by atoms with van der Waals surface area (Å²) in [4.78, 5) is 23.6. The average molecular weight is 429 g/mol. The van der Waals surface area contributed by atoms with Crippen molar-refractivity contribution >= 4 is 33.3 Å². The number of aliphatic carboxylic acids is 1. The van der Waals surface area contributed by atoms with Crippen LogP contribution in [0, 0.1) is 6.92 Å². The number of sulfonamides is 1. The third-order valence-corrected chi connectivity index (χ3v) is 5.37. The van der Waals surface area contributed by atoms with Crippen LogP contribution >= 0.6 is 0 Å². The van der Waals surface area contributed by atoms with E-state index in [2.05, 4.69) is 9.82 Å². The first-order valence-corrected chi connectivity index (χ1v) is 11.3. The molecule has 2 N–H and O–H groups in total. The quantitative estimate of drug-likeness (QED) is 0.702. The van der Waals surface area contributed by atoms with E-state index in [0.717, 1.165) is 17.4 Å². The van der Waals surface area contributed by atoms with E-state index in [1.165, 1.54) is 5.01 Å². The summed E-state index contributed by atoms with van der Waals surface area (Å²) >= 11 is 0. The van der Waals surface area contributed by atoms with Crippen molar-refractivity contribution in [2.75, 3.05) is 11.0 Å². The highest BCUT2D eigenvalue weighted by atomic mass is 32.2. The summed E-state index contributed by atoms with van der Waals surface area (Å²) in [7, 11) is -3.43. The minimum Gasteiger partial charge on any atom is -0.481 e. The van der Waals surface area contributed by atoms with Crippen molar-refractivity contribution in [1.82, 2.24) is 5.01 Å². The Morgan fingerprint density at radius 3 is 2.57 bits per heavy atom. The molecule has 0 aliphatic carbocycles. The molecular weight excluding hydrogens is 406 g/mol. The summed E-state index contributed by atoms with van der Waals surface area (Å²) in [6, 6.07) is 14.1. The second-order valence-corrected chi connectivity index (χ2v) is 8.96. The molecule has 2 aromatic carbocycles. The molecule has 0 aromatic heterocycles. The van der Waals surface area contributed by atoms with Gasteiger partial charge in [-0.15, -0.1) is 0 Å². The van der Waals surface area contributed by atoms with Crippen LogP contribution in [0.1, 0.15) is 42.0 Å². The molecule has 0 saturated carbocycles. The van der Waals surface area contributed by atoms with E-state index >= 15 is 0 Å². The molecule has 158 valence electrons. The zero-order valence-electron chi connectivity index (χ0n) is 16.7. The Kier molecular flexibility index (Phi) is 6.21. The number of carboxylic acid groups (broad SMARTS) is 1. The van der Waals surface area contributed by atoms with E-state index in [1.54, 1.807) is 24.3 Å². The van der Waals surface area contributed by atoms with Gasteiger partial charge in [0.1, 0.15) is 0 Å². The first kappa shape index (κ1) is 21.5. The first-order valence-electron chi connectivity index (χ1n) is 9.39. The third kappa shape index (κ3) is 5.24. The number of hydrogen-bond donors (Lipinski definition) is 2. The number of benzene rings is 2. The van der Waals surface area contributed by atoms with Gasteiger partial charge in [-0.2, -0.15) is 5.10 Å². The molecule has 0 spiro atoms. The molecule has 0 saturated heterocycles. The summed E-state index contributed by atoms with van der Waals surface area (Å²) in [5.41, 5.74) is 3.66. The fraction of sp³-hybridized carbons (Fsp3) is 0.286. The van der Waals surface area contributed by atoms with E-state index in [1.807, 2.05) is 31.2 Å². The zero-order chi connectivity index (χ0) is 21.9. The molecule has 30 heavy (non-hydrogen) atoms. The molecule has 1 amide bonds. The van der Waals surface area contributed by atoms with Crippen molar-refractivity contribution in [3.05, 3.63) is 65.2 Å². The Morgan fingerprint density at radius 2 is 1.90 bits per heavy atom. The van der Waals surface area contributed by atoms with Gasteiger partial charge >= 0.3 is 5.97 Å². The third-order valence-electron chi connectivity index (χ3n) is 4.77. The van der Waals surface area contributed by atoms with Gasteiger partial charge in [-0.25, -0.2) is 13.4 Å². The van der Waals surface area contributed by atoms with Crippen molar-refractivity contribution in [2.24, 2.45) is 5.10 Å². The Bertz CT molecular complexity index is 1110. The smallest absolute Gasteiger partial charge is 0.303 e. The highest BCUT2D eigenvalue weighted by Crippen LogP contribution is 2.35. The monoisotopic (exact) mass is 429 g/mol. The van der Waals surface area contributed by atoms with Gasteiger partial charge < -0.3 is 5.11 Å². The summed E-state index contributed by atoms with van der Waals surface area (Å²) in [5.74, 6) is -1.41. The van der Waals surface area contributed by atoms with E-state index in [-0.39, 0.29) is 24.8 Å². The van der Waals surface area contributed by atoms with Crippen LogP contribution in [0.25, 0.3) is 0 Å². The number of nitrogens with zero attached hydrogens (tertiary/aromatic N) is 2. The Morgan fingerprint density at radius 1 is 1.17 bits per heavy atom. The number of carboxylic acids is 1. The Labute approximate surface area is 175 Å². The van der Waals surface area contributed by atoms with E-state index in [0.29, 0.717) is 23.4 Å². The molecule has 9 heteroatoms. The lowest BCUT2D eigenvalue weighted by molar-refractivity contribution is -0.141. The van der Waals surface area contributed by atoms with Gasteiger partial charge in [-0.1, -0.05) is 36.4 Å². The molecule has 0 bridgehead atoms. The minimum atomic E-state index is -3.43. The van der Waals surface area contributed by atoms with Gasteiger partial charge in [0.15, 0.2) is 0 Å². The van der Waals surface area contributed by atoms with Gasteiger partial charge in [0.2, 0.25) is 15.9 Å². The predicted octanol–water partition coefficient (Wildman–Crippen LogP) is 2.91. The molecular formula is C21H23N3O5S. The molecule has 0 fully saturated rings. The van der Waals surface area contributed by atoms with Crippen LogP contribution in [0.3, 0.4) is 0 Å². The van der Waals surface area contributed by atoms with Gasteiger partial charge in [-0.05, 0) is 35.7 Å². The van der Waals surface area contributed by atoms with Crippen LogP contribution in [0.4, 0.5) is 5.69 Å². The molecule has 1 heterocycles. The van der Waals surface area contributed by atoms with E-state index in [4.69, 9.17) is 5.11 Å². The van der Waals surface area contributed by atoms with Crippen LogP contribution in [-0.4, -0.2) is 42.4 Å². The average Bonchev–Trinajstić information content (AvgIpc) is 3.10. The molecule has 1 unspecified atom stereocenters. The molecule has 1 aliphatic rings. The largest absolute Gasteiger partial charge is 0.481 e. The summed E-state index contributed by atoms with van der Waals surface area (Å²) in [6.07, 6.45) is 1.09. The number of carbonyl (C=O) groups is 2. The predicted molar refractivity (Wildman–Crippen MR) is 114 cm³/mol. The molecule has 3 rings (SSSR count).